The first-order chi connectivity index (χ1) is 12.7. The van der Waals surface area contributed by atoms with Gasteiger partial charge in [-0.25, -0.2) is 4.98 Å². The van der Waals surface area contributed by atoms with Crippen molar-refractivity contribution in [3.63, 3.8) is 0 Å². The molecule has 26 heavy (non-hydrogen) atoms. The van der Waals surface area contributed by atoms with Crippen molar-refractivity contribution in [2.24, 2.45) is 0 Å². The highest BCUT2D eigenvalue weighted by Gasteiger charge is 2.20. The summed E-state index contributed by atoms with van der Waals surface area (Å²) in [6.07, 6.45) is 3.63. The SMILES string of the molecule is Cc1ccc(/C=C/C(=O)N2CCN(Cc3nc4ccccc4s3)CC2)s1. The van der Waals surface area contributed by atoms with Gasteiger partial charge in [0.05, 0.1) is 16.8 Å². The molecule has 0 atom stereocenters. The number of aryl methyl sites for hydroxylation is 1. The molecule has 0 aliphatic carbocycles. The third-order valence-electron chi connectivity index (χ3n) is 4.53. The van der Waals surface area contributed by atoms with Crippen LogP contribution in [-0.4, -0.2) is 46.9 Å². The van der Waals surface area contributed by atoms with Crippen LogP contribution in [0.5, 0.6) is 0 Å². The Kier molecular flexibility index (Phi) is 5.15. The van der Waals surface area contributed by atoms with Crippen molar-refractivity contribution in [2.75, 3.05) is 26.2 Å². The van der Waals surface area contributed by atoms with Gasteiger partial charge < -0.3 is 4.90 Å². The molecule has 3 aromatic rings. The Bertz CT molecular complexity index is 902. The second-order valence-electron chi connectivity index (χ2n) is 6.46. The Morgan fingerprint density at radius 1 is 1.12 bits per heavy atom. The summed E-state index contributed by atoms with van der Waals surface area (Å²) in [6, 6.07) is 12.4. The lowest BCUT2D eigenvalue weighted by atomic mass is 10.3. The maximum Gasteiger partial charge on any atom is 0.246 e. The molecular weight excluding hydrogens is 362 g/mol. The fraction of sp³-hybridized carbons (Fsp3) is 0.300. The van der Waals surface area contributed by atoms with E-state index < -0.39 is 0 Å². The van der Waals surface area contributed by atoms with Crippen LogP contribution in [0.1, 0.15) is 14.8 Å². The largest absolute Gasteiger partial charge is 0.337 e. The summed E-state index contributed by atoms with van der Waals surface area (Å²) in [5, 5.41) is 1.15. The zero-order chi connectivity index (χ0) is 17.9. The van der Waals surface area contributed by atoms with Gasteiger partial charge in [-0.1, -0.05) is 12.1 Å². The van der Waals surface area contributed by atoms with E-state index in [-0.39, 0.29) is 5.91 Å². The first kappa shape index (κ1) is 17.4. The number of carbonyl (C=O) groups is 1. The zero-order valence-corrected chi connectivity index (χ0v) is 16.4. The summed E-state index contributed by atoms with van der Waals surface area (Å²) in [6.45, 7) is 6.29. The van der Waals surface area contributed by atoms with E-state index in [2.05, 4.69) is 42.2 Å². The highest BCUT2D eigenvalue weighted by molar-refractivity contribution is 7.18. The Balaban J connectivity index is 1.30. The number of thiophene rings is 1. The van der Waals surface area contributed by atoms with E-state index in [1.165, 1.54) is 9.58 Å². The minimum absolute atomic E-state index is 0.107. The van der Waals surface area contributed by atoms with Gasteiger partial charge in [-0.05, 0) is 37.3 Å². The third kappa shape index (κ3) is 4.03. The second kappa shape index (κ2) is 7.70. The van der Waals surface area contributed by atoms with Crippen molar-refractivity contribution in [3.8, 4) is 0 Å². The number of benzene rings is 1. The summed E-state index contributed by atoms with van der Waals surface area (Å²) in [4.78, 5) is 23.8. The monoisotopic (exact) mass is 383 g/mol. The summed E-state index contributed by atoms with van der Waals surface area (Å²) in [7, 11) is 0. The van der Waals surface area contributed by atoms with E-state index in [0.29, 0.717) is 0 Å². The van der Waals surface area contributed by atoms with Gasteiger partial charge in [0.2, 0.25) is 5.91 Å². The summed E-state index contributed by atoms with van der Waals surface area (Å²) >= 11 is 3.47. The number of nitrogens with zero attached hydrogens (tertiary/aromatic N) is 3. The summed E-state index contributed by atoms with van der Waals surface area (Å²) < 4.78 is 1.24. The van der Waals surface area contributed by atoms with Gasteiger partial charge in [-0.3, -0.25) is 9.69 Å². The predicted molar refractivity (Wildman–Crippen MR) is 110 cm³/mol. The van der Waals surface area contributed by atoms with Crippen LogP contribution in [0.25, 0.3) is 16.3 Å². The van der Waals surface area contributed by atoms with E-state index in [4.69, 9.17) is 4.98 Å². The number of piperazine rings is 1. The molecule has 0 saturated carbocycles. The fourth-order valence-electron chi connectivity index (χ4n) is 3.11. The minimum atomic E-state index is 0.107. The van der Waals surface area contributed by atoms with E-state index in [9.17, 15) is 4.79 Å². The Hall–Kier alpha value is -2.02. The first-order valence-electron chi connectivity index (χ1n) is 8.77. The number of thiazole rings is 1. The number of carbonyl (C=O) groups excluding carboxylic acids is 1. The van der Waals surface area contributed by atoms with Gasteiger partial charge >= 0.3 is 0 Å². The number of hydrogen-bond acceptors (Lipinski definition) is 5. The van der Waals surface area contributed by atoms with Crippen LogP contribution in [0, 0.1) is 6.92 Å². The molecule has 4 nitrogen and oxygen atoms in total. The molecule has 2 aromatic heterocycles. The molecular formula is C20H21N3OS2. The Morgan fingerprint density at radius 3 is 2.65 bits per heavy atom. The molecule has 0 spiro atoms. The van der Waals surface area contributed by atoms with Crippen LogP contribution in [0.4, 0.5) is 0 Å². The number of rotatable bonds is 4. The van der Waals surface area contributed by atoms with Gasteiger partial charge in [0.15, 0.2) is 0 Å². The number of aromatic nitrogens is 1. The summed E-state index contributed by atoms with van der Waals surface area (Å²) in [5.41, 5.74) is 1.08. The van der Waals surface area contributed by atoms with Crippen molar-refractivity contribution in [2.45, 2.75) is 13.5 Å². The van der Waals surface area contributed by atoms with Gasteiger partial charge in [-0.15, -0.1) is 22.7 Å². The molecule has 1 aliphatic rings. The van der Waals surface area contributed by atoms with Crippen molar-refractivity contribution in [1.82, 2.24) is 14.8 Å². The van der Waals surface area contributed by atoms with Crippen LogP contribution >= 0.6 is 22.7 Å². The van der Waals surface area contributed by atoms with Gasteiger partial charge in [-0.2, -0.15) is 0 Å². The van der Waals surface area contributed by atoms with E-state index in [0.717, 1.165) is 48.1 Å². The molecule has 0 N–H and O–H groups in total. The smallest absolute Gasteiger partial charge is 0.246 e. The Labute approximate surface area is 161 Å². The number of hydrogen-bond donors (Lipinski definition) is 0. The molecule has 1 aromatic carbocycles. The number of para-hydroxylation sites is 1. The lowest BCUT2D eigenvalue weighted by Crippen LogP contribution is -2.47. The van der Waals surface area contributed by atoms with Crippen LogP contribution in [0.2, 0.25) is 0 Å². The number of fused-ring (bicyclic) bond motifs is 1. The van der Waals surface area contributed by atoms with E-state index in [1.807, 2.05) is 17.0 Å². The number of amides is 1. The molecule has 0 radical (unpaired) electrons. The third-order valence-corrected chi connectivity index (χ3v) is 6.52. The molecule has 3 heterocycles. The van der Waals surface area contributed by atoms with Crippen molar-refractivity contribution in [1.29, 1.82) is 0 Å². The predicted octanol–water partition coefficient (Wildman–Crippen LogP) is 4.02. The zero-order valence-electron chi connectivity index (χ0n) is 14.7. The molecule has 1 saturated heterocycles. The van der Waals surface area contributed by atoms with E-state index >= 15 is 0 Å². The highest BCUT2D eigenvalue weighted by Crippen LogP contribution is 2.23. The van der Waals surface area contributed by atoms with Crippen molar-refractivity contribution >= 4 is 44.9 Å². The quantitative estimate of drug-likeness (QED) is 0.639. The van der Waals surface area contributed by atoms with Crippen molar-refractivity contribution in [3.05, 3.63) is 57.2 Å². The standard InChI is InChI=1S/C20H21N3OS2/c1-15-6-7-16(25-15)8-9-20(24)23-12-10-22(11-13-23)14-19-21-17-4-2-3-5-18(17)26-19/h2-9H,10-14H2,1H3/b9-8+. The normalized spacial score (nSPS) is 16.0. The molecule has 0 unspecified atom stereocenters. The van der Waals surface area contributed by atoms with E-state index in [1.54, 1.807) is 28.7 Å². The first-order valence-corrected chi connectivity index (χ1v) is 10.4. The molecule has 1 aliphatic heterocycles. The maximum atomic E-state index is 12.4. The fourth-order valence-corrected chi connectivity index (χ4v) is 4.90. The maximum absolute atomic E-state index is 12.4. The topological polar surface area (TPSA) is 36.4 Å². The van der Waals surface area contributed by atoms with Gasteiger partial charge in [0.1, 0.15) is 5.01 Å². The lowest BCUT2D eigenvalue weighted by Gasteiger charge is -2.33. The average Bonchev–Trinajstić information content (AvgIpc) is 3.25. The average molecular weight is 384 g/mol. The second-order valence-corrected chi connectivity index (χ2v) is 8.89. The van der Waals surface area contributed by atoms with Crippen molar-refractivity contribution < 1.29 is 4.79 Å². The highest BCUT2D eigenvalue weighted by atomic mass is 32.1. The minimum Gasteiger partial charge on any atom is -0.337 e. The van der Waals surface area contributed by atoms with Crippen LogP contribution < -0.4 is 0 Å². The molecule has 0 bridgehead atoms. The van der Waals surface area contributed by atoms with Crippen LogP contribution in [-0.2, 0) is 11.3 Å². The van der Waals surface area contributed by atoms with Crippen LogP contribution in [0.3, 0.4) is 0 Å². The van der Waals surface area contributed by atoms with Gasteiger partial charge in [0, 0.05) is 42.0 Å². The Morgan fingerprint density at radius 2 is 1.92 bits per heavy atom. The van der Waals surface area contributed by atoms with Gasteiger partial charge in [0.25, 0.3) is 0 Å². The van der Waals surface area contributed by atoms with Crippen LogP contribution in [0.15, 0.2) is 42.5 Å². The molecule has 1 amide bonds. The summed E-state index contributed by atoms with van der Waals surface area (Å²) in [5.74, 6) is 0.107. The molecule has 134 valence electrons. The molecule has 4 rings (SSSR count). The molecule has 6 heteroatoms. The molecule has 1 fully saturated rings. The lowest BCUT2D eigenvalue weighted by molar-refractivity contribution is -0.127.